The van der Waals surface area contributed by atoms with Gasteiger partial charge in [0.2, 0.25) is 5.95 Å². The van der Waals surface area contributed by atoms with Crippen molar-refractivity contribution in [2.45, 2.75) is 63.5 Å². The highest BCUT2D eigenvalue weighted by atomic mass is 16.5. The van der Waals surface area contributed by atoms with Crippen LogP contribution in [0.25, 0.3) is 0 Å². The van der Waals surface area contributed by atoms with Crippen LogP contribution in [0.4, 0.5) is 5.95 Å². The minimum absolute atomic E-state index is 0.271. The van der Waals surface area contributed by atoms with Crippen molar-refractivity contribution in [2.75, 3.05) is 32.1 Å². The summed E-state index contributed by atoms with van der Waals surface area (Å²) >= 11 is 0. The van der Waals surface area contributed by atoms with Crippen LogP contribution < -0.4 is 9.64 Å². The maximum Gasteiger partial charge on any atom is 0.226 e. The average Bonchev–Trinajstić information content (AvgIpc) is 3.21. The summed E-state index contributed by atoms with van der Waals surface area (Å²) in [5.41, 5.74) is 6.05. The number of hydrogen-bond acceptors (Lipinski definition) is 5. The summed E-state index contributed by atoms with van der Waals surface area (Å²) < 4.78 is 5.75. The summed E-state index contributed by atoms with van der Waals surface area (Å²) in [4.78, 5) is 15.1. The second-order valence-corrected chi connectivity index (χ2v) is 11.3. The van der Waals surface area contributed by atoms with Crippen LogP contribution in [0.2, 0.25) is 0 Å². The molecule has 4 bridgehead atoms. The normalized spacial score (nSPS) is 39.1. The molecule has 32 heavy (non-hydrogen) atoms. The zero-order valence-corrected chi connectivity index (χ0v) is 19.8. The summed E-state index contributed by atoms with van der Waals surface area (Å²) in [6.45, 7) is 6.53. The fourth-order valence-corrected chi connectivity index (χ4v) is 9.41. The number of likely N-dealkylation sites (tertiary alicyclic amines) is 1. The van der Waals surface area contributed by atoms with Crippen LogP contribution in [-0.4, -0.2) is 54.2 Å². The number of methoxy groups -OCH3 is 1. The third kappa shape index (κ3) is 2.14. The Hall–Kier alpha value is -2.14. The predicted molar refractivity (Wildman–Crippen MR) is 125 cm³/mol. The summed E-state index contributed by atoms with van der Waals surface area (Å²) in [5.74, 6) is 3.43. The Kier molecular flexibility index (Phi) is 3.78. The molecule has 5 heteroatoms. The lowest BCUT2D eigenvalue weighted by Crippen LogP contribution is -2.69. The number of benzene rings is 1. The molecular formula is C27H34N4O. The van der Waals surface area contributed by atoms with Gasteiger partial charge in [-0.2, -0.15) is 0 Å². The summed E-state index contributed by atoms with van der Waals surface area (Å²) in [7, 11) is 4.20. The fraction of sp³-hybridized carbons (Fsp3) is 0.630. The Balaban J connectivity index is 1.41. The Labute approximate surface area is 191 Å². The molecule has 6 atom stereocenters. The molecule has 168 valence electrons. The number of ether oxygens (including phenoxy) is 1. The number of rotatable bonds is 2. The predicted octanol–water partition coefficient (Wildman–Crippen LogP) is 3.91. The van der Waals surface area contributed by atoms with E-state index in [0.29, 0.717) is 23.4 Å². The van der Waals surface area contributed by atoms with Crippen molar-refractivity contribution in [2.24, 2.45) is 17.3 Å². The summed E-state index contributed by atoms with van der Waals surface area (Å²) in [6, 6.07) is 10.3. The van der Waals surface area contributed by atoms with Crippen molar-refractivity contribution in [3.8, 4) is 5.75 Å². The van der Waals surface area contributed by atoms with Crippen LogP contribution in [0.15, 0.2) is 24.3 Å². The largest absolute Gasteiger partial charge is 0.497 e. The van der Waals surface area contributed by atoms with Gasteiger partial charge in [-0.05, 0) is 106 Å². The summed E-state index contributed by atoms with van der Waals surface area (Å²) in [5, 5.41) is 0. The number of fused-ring (bicyclic) bond motifs is 1. The Morgan fingerprint density at radius 2 is 1.91 bits per heavy atom. The minimum atomic E-state index is 0.271. The van der Waals surface area contributed by atoms with Gasteiger partial charge in [0, 0.05) is 35.4 Å². The van der Waals surface area contributed by atoms with Gasteiger partial charge in [-0.15, -0.1) is 0 Å². The van der Waals surface area contributed by atoms with Gasteiger partial charge in [0.1, 0.15) is 5.75 Å². The van der Waals surface area contributed by atoms with Gasteiger partial charge in [0.25, 0.3) is 0 Å². The van der Waals surface area contributed by atoms with E-state index in [9.17, 15) is 0 Å². The van der Waals surface area contributed by atoms with Crippen LogP contribution >= 0.6 is 0 Å². The molecule has 1 aromatic heterocycles. The fourth-order valence-electron chi connectivity index (χ4n) is 9.41. The number of piperidine rings is 1. The lowest BCUT2D eigenvalue weighted by atomic mass is 9.43. The highest BCUT2D eigenvalue weighted by Crippen LogP contribution is 2.75. The molecule has 0 radical (unpaired) electrons. The van der Waals surface area contributed by atoms with E-state index in [2.05, 4.69) is 55.0 Å². The highest BCUT2D eigenvalue weighted by molar-refractivity contribution is 5.53. The summed E-state index contributed by atoms with van der Waals surface area (Å²) in [6.07, 6.45) is 6.45. The monoisotopic (exact) mass is 430 g/mol. The zero-order chi connectivity index (χ0) is 21.8. The first-order chi connectivity index (χ1) is 15.5. The Morgan fingerprint density at radius 3 is 2.69 bits per heavy atom. The second-order valence-electron chi connectivity index (χ2n) is 11.3. The lowest BCUT2D eigenvalue weighted by Gasteiger charge is -2.66. The molecule has 1 aromatic carbocycles. The lowest BCUT2D eigenvalue weighted by molar-refractivity contribution is -0.0817. The molecule has 0 amide bonds. The maximum absolute atomic E-state index is 5.75. The third-order valence-electron chi connectivity index (χ3n) is 10.2. The van der Waals surface area contributed by atoms with Crippen molar-refractivity contribution in [1.29, 1.82) is 0 Å². The standard InChI is InChI=1S/C27H34N4O/c1-16-11-17(2)29-25(28-16)31-15-19-14-26-8-7-22(31)24(19)27(26)9-10-30(3)23(26)12-18-5-6-20(32-4)13-21(18)27/h5-6,11,13,19,22-24H,7-10,12,14-15H2,1-4H3/t19-,22?,23-,24?,26-,27+/m1/s1. The van der Waals surface area contributed by atoms with Crippen molar-refractivity contribution < 1.29 is 4.74 Å². The molecule has 0 N–H and O–H groups in total. The zero-order valence-electron chi connectivity index (χ0n) is 19.8. The van der Waals surface area contributed by atoms with Crippen molar-refractivity contribution >= 4 is 5.95 Å². The molecule has 7 rings (SSSR count). The molecule has 5 aliphatic rings. The van der Waals surface area contributed by atoms with E-state index < -0.39 is 0 Å². The number of anilines is 1. The first-order valence-electron chi connectivity index (χ1n) is 12.4. The molecule has 2 saturated carbocycles. The van der Waals surface area contributed by atoms with E-state index in [-0.39, 0.29) is 5.41 Å². The molecule has 3 heterocycles. The van der Waals surface area contributed by atoms with Crippen molar-refractivity contribution in [3.63, 3.8) is 0 Å². The maximum atomic E-state index is 5.75. The van der Waals surface area contributed by atoms with E-state index in [4.69, 9.17) is 14.7 Å². The number of hydrogen-bond donors (Lipinski definition) is 0. The van der Waals surface area contributed by atoms with E-state index in [1.54, 1.807) is 11.1 Å². The van der Waals surface area contributed by atoms with E-state index in [0.717, 1.165) is 35.5 Å². The van der Waals surface area contributed by atoms with E-state index in [1.807, 2.05) is 7.11 Å². The molecular weight excluding hydrogens is 396 g/mol. The van der Waals surface area contributed by atoms with E-state index in [1.165, 1.54) is 38.6 Å². The van der Waals surface area contributed by atoms with E-state index >= 15 is 0 Å². The van der Waals surface area contributed by atoms with Crippen LogP contribution in [0.5, 0.6) is 5.75 Å². The topological polar surface area (TPSA) is 41.5 Å². The quantitative estimate of drug-likeness (QED) is 0.723. The molecule has 4 fully saturated rings. The third-order valence-corrected chi connectivity index (χ3v) is 10.2. The number of likely N-dealkylation sites (N-methyl/N-ethyl adjacent to an activating group) is 1. The van der Waals surface area contributed by atoms with Crippen LogP contribution in [0.3, 0.4) is 0 Å². The molecule has 2 aromatic rings. The average molecular weight is 431 g/mol. The van der Waals surface area contributed by atoms with Crippen LogP contribution in [-0.2, 0) is 11.8 Å². The van der Waals surface area contributed by atoms with Crippen LogP contribution in [0, 0.1) is 31.1 Å². The van der Waals surface area contributed by atoms with Gasteiger partial charge in [0.15, 0.2) is 0 Å². The van der Waals surface area contributed by atoms with Crippen molar-refractivity contribution in [3.05, 3.63) is 46.8 Å². The number of aromatic nitrogens is 2. The van der Waals surface area contributed by atoms with Gasteiger partial charge < -0.3 is 14.5 Å². The minimum Gasteiger partial charge on any atom is -0.497 e. The van der Waals surface area contributed by atoms with Gasteiger partial charge in [-0.25, -0.2) is 9.97 Å². The van der Waals surface area contributed by atoms with Gasteiger partial charge >= 0.3 is 0 Å². The van der Waals surface area contributed by atoms with Gasteiger partial charge in [0.05, 0.1) is 7.11 Å². The Bertz CT molecular complexity index is 1100. The van der Waals surface area contributed by atoms with Gasteiger partial charge in [-0.3, -0.25) is 0 Å². The number of nitrogens with zero attached hydrogens (tertiary/aromatic N) is 4. The number of aryl methyl sites for hydroxylation is 2. The smallest absolute Gasteiger partial charge is 0.226 e. The molecule has 0 spiro atoms. The van der Waals surface area contributed by atoms with Crippen molar-refractivity contribution in [1.82, 2.24) is 14.9 Å². The molecule has 2 unspecified atom stereocenters. The highest BCUT2D eigenvalue weighted by Gasteiger charge is 2.75. The molecule has 5 nitrogen and oxygen atoms in total. The first kappa shape index (κ1) is 19.3. The first-order valence-corrected chi connectivity index (χ1v) is 12.4. The van der Waals surface area contributed by atoms with Crippen LogP contribution in [0.1, 0.15) is 48.2 Å². The van der Waals surface area contributed by atoms with Gasteiger partial charge in [-0.1, -0.05) is 6.07 Å². The Morgan fingerprint density at radius 1 is 1.09 bits per heavy atom. The SMILES string of the molecule is COc1ccc2c(c1)[C@]13CCN(C)[C@H](C2)[C@]12CCC1C3[C@@H](CN1c1nc(C)cc(C)n1)C2. The molecule has 2 saturated heterocycles. The second kappa shape index (κ2) is 6.25. The molecule has 3 aliphatic carbocycles. The molecule has 2 aliphatic heterocycles.